The van der Waals surface area contributed by atoms with E-state index >= 15 is 0 Å². The molecule has 1 fully saturated rings. The maximum Gasteiger partial charge on any atom is 0.223 e. The average molecular weight is 183 g/mol. The molecule has 0 saturated heterocycles. The van der Waals surface area contributed by atoms with Crippen LogP contribution in [-0.4, -0.2) is 11.9 Å². The van der Waals surface area contributed by atoms with Crippen molar-refractivity contribution in [1.82, 2.24) is 5.32 Å². The predicted molar refractivity (Wildman–Crippen MR) is 54.4 cm³/mol. The smallest absolute Gasteiger partial charge is 0.223 e. The normalized spacial score (nSPS) is 23.4. The first-order chi connectivity index (χ1) is 5.94. The first-order valence-electron chi connectivity index (χ1n) is 5.25. The van der Waals surface area contributed by atoms with E-state index in [0.717, 1.165) is 19.3 Å². The third-order valence-corrected chi connectivity index (χ3v) is 2.97. The summed E-state index contributed by atoms with van der Waals surface area (Å²) in [6.45, 7) is 8.59. The average Bonchev–Trinajstić information content (AvgIpc) is 1.99. The molecule has 0 aromatic rings. The molecule has 1 saturated carbocycles. The lowest BCUT2D eigenvalue weighted by atomic mass is 9.64. The van der Waals surface area contributed by atoms with E-state index in [1.165, 1.54) is 0 Å². The number of amides is 1. The van der Waals surface area contributed by atoms with Crippen molar-refractivity contribution in [2.45, 2.75) is 53.0 Å². The van der Waals surface area contributed by atoms with Crippen LogP contribution in [0.3, 0.4) is 0 Å². The van der Waals surface area contributed by atoms with Gasteiger partial charge in [-0.05, 0) is 31.6 Å². The Labute approximate surface area is 81.1 Å². The van der Waals surface area contributed by atoms with E-state index < -0.39 is 0 Å². The Kier molecular flexibility index (Phi) is 2.99. The Hall–Kier alpha value is -0.530. The minimum Gasteiger partial charge on any atom is -0.353 e. The molecule has 1 rings (SSSR count). The summed E-state index contributed by atoms with van der Waals surface area (Å²) in [4.78, 5) is 11.6. The summed E-state index contributed by atoms with van der Waals surface area (Å²) in [7, 11) is 0. The minimum atomic E-state index is 0.258. The van der Waals surface area contributed by atoms with Crippen LogP contribution in [0.4, 0.5) is 0 Å². The second-order valence-electron chi connectivity index (χ2n) is 5.09. The summed E-state index contributed by atoms with van der Waals surface area (Å²) in [6.07, 6.45) is 3.12. The van der Waals surface area contributed by atoms with Gasteiger partial charge in [0.15, 0.2) is 0 Å². The number of carbonyl (C=O) groups is 1. The predicted octanol–water partition coefficient (Wildman–Crippen LogP) is 2.34. The largest absolute Gasteiger partial charge is 0.353 e. The Morgan fingerprint density at radius 1 is 1.54 bits per heavy atom. The van der Waals surface area contributed by atoms with Crippen LogP contribution in [0, 0.1) is 11.3 Å². The van der Waals surface area contributed by atoms with Crippen LogP contribution in [-0.2, 0) is 4.79 Å². The van der Waals surface area contributed by atoms with Crippen LogP contribution in [0.5, 0.6) is 0 Å². The molecular weight excluding hydrogens is 162 g/mol. The lowest BCUT2D eigenvalue weighted by molar-refractivity contribution is -0.132. The van der Waals surface area contributed by atoms with Gasteiger partial charge in [-0.1, -0.05) is 20.8 Å². The Morgan fingerprint density at radius 3 is 2.46 bits per heavy atom. The fourth-order valence-corrected chi connectivity index (χ4v) is 1.92. The van der Waals surface area contributed by atoms with Crippen molar-refractivity contribution >= 4 is 5.91 Å². The molecule has 1 atom stereocenters. The van der Waals surface area contributed by atoms with E-state index in [-0.39, 0.29) is 11.8 Å². The second-order valence-corrected chi connectivity index (χ2v) is 5.09. The van der Waals surface area contributed by atoms with Gasteiger partial charge in [0, 0.05) is 12.0 Å². The SMILES string of the molecule is CC[C@@H](C)NC(=O)C1CC(C)(C)C1. The molecule has 13 heavy (non-hydrogen) atoms. The maximum absolute atomic E-state index is 11.6. The summed E-state index contributed by atoms with van der Waals surface area (Å²) >= 11 is 0. The number of hydrogen-bond acceptors (Lipinski definition) is 1. The fourth-order valence-electron chi connectivity index (χ4n) is 1.92. The van der Waals surface area contributed by atoms with Gasteiger partial charge in [0.05, 0.1) is 0 Å². The molecule has 76 valence electrons. The van der Waals surface area contributed by atoms with Gasteiger partial charge in [0.25, 0.3) is 0 Å². The molecule has 0 unspecified atom stereocenters. The topological polar surface area (TPSA) is 29.1 Å². The Balaban J connectivity index is 2.27. The number of rotatable bonds is 3. The van der Waals surface area contributed by atoms with Gasteiger partial charge < -0.3 is 5.32 Å². The first-order valence-corrected chi connectivity index (χ1v) is 5.25. The molecule has 0 aromatic carbocycles. The molecule has 0 heterocycles. The van der Waals surface area contributed by atoms with E-state index in [1.807, 2.05) is 0 Å². The van der Waals surface area contributed by atoms with Crippen molar-refractivity contribution in [3.8, 4) is 0 Å². The molecule has 1 amide bonds. The second kappa shape index (κ2) is 3.69. The molecule has 0 aromatic heterocycles. The quantitative estimate of drug-likeness (QED) is 0.715. The standard InChI is InChI=1S/C11H21NO/c1-5-8(2)12-10(13)9-6-11(3,4)7-9/h8-9H,5-7H2,1-4H3,(H,12,13)/t8-/m1/s1. The van der Waals surface area contributed by atoms with Crippen molar-refractivity contribution in [3.05, 3.63) is 0 Å². The van der Waals surface area contributed by atoms with Crippen LogP contribution < -0.4 is 5.32 Å². The van der Waals surface area contributed by atoms with Gasteiger partial charge in [-0.2, -0.15) is 0 Å². The lowest BCUT2D eigenvalue weighted by Crippen LogP contribution is -2.45. The van der Waals surface area contributed by atoms with Crippen molar-refractivity contribution in [2.75, 3.05) is 0 Å². The molecule has 0 aliphatic heterocycles. The van der Waals surface area contributed by atoms with Crippen molar-refractivity contribution in [1.29, 1.82) is 0 Å². The molecule has 0 radical (unpaired) electrons. The Morgan fingerprint density at radius 2 is 2.08 bits per heavy atom. The Bertz CT molecular complexity index is 190. The summed E-state index contributed by atoms with van der Waals surface area (Å²) < 4.78 is 0. The molecule has 0 spiro atoms. The molecule has 2 nitrogen and oxygen atoms in total. The van der Waals surface area contributed by atoms with Crippen LogP contribution in [0.2, 0.25) is 0 Å². The summed E-state index contributed by atoms with van der Waals surface area (Å²) in [5.41, 5.74) is 0.400. The summed E-state index contributed by atoms with van der Waals surface area (Å²) in [5, 5.41) is 3.03. The zero-order chi connectivity index (χ0) is 10.1. The fraction of sp³-hybridized carbons (Fsp3) is 0.909. The van der Waals surface area contributed by atoms with E-state index in [1.54, 1.807) is 0 Å². The number of carbonyl (C=O) groups excluding carboxylic acids is 1. The highest BCUT2D eigenvalue weighted by molar-refractivity contribution is 5.80. The van der Waals surface area contributed by atoms with Crippen LogP contribution in [0.15, 0.2) is 0 Å². The zero-order valence-corrected chi connectivity index (χ0v) is 9.18. The van der Waals surface area contributed by atoms with Crippen LogP contribution >= 0.6 is 0 Å². The third-order valence-electron chi connectivity index (χ3n) is 2.97. The maximum atomic E-state index is 11.6. The van der Waals surface area contributed by atoms with Gasteiger partial charge in [-0.3, -0.25) is 4.79 Å². The van der Waals surface area contributed by atoms with E-state index in [4.69, 9.17) is 0 Å². The monoisotopic (exact) mass is 183 g/mol. The molecular formula is C11H21NO. The lowest BCUT2D eigenvalue weighted by Gasteiger charge is -2.41. The van der Waals surface area contributed by atoms with Gasteiger partial charge in [0.1, 0.15) is 0 Å². The van der Waals surface area contributed by atoms with Crippen molar-refractivity contribution < 1.29 is 4.79 Å². The van der Waals surface area contributed by atoms with Crippen LogP contribution in [0.1, 0.15) is 47.0 Å². The van der Waals surface area contributed by atoms with Crippen molar-refractivity contribution in [3.63, 3.8) is 0 Å². The highest BCUT2D eigenvalue weighted by Gasteiger charge is 2.40. The third kappa shape index (κ3) is 2.71. The number of nitrogens with one attached hydrogen (secondary N) is 1. The number of hydrogen-bond donors (Lipinski definition) is 1. The minimum absolute atomic E-state index is 0.258. The molecule has 1 aliphatic rings. The highest BCUT2D eigenvalue weighted by atomic mass is 16.2. The van der Waals surface area contributed by atoms with E-state index in [2.05, 4.69) is 33.0 Å². The van der Waals surface area contributed by atoms with E-state index in [0.29, 0.717) is 11.5 Å². The first kappa shape index (κ1) is 10.6. The zero-order valence-electron chi connectivity index (χ0n) is 9.18. The van der Waals surface area contributed by atoms with Crippen molar-refractivity contribution in [2.24, 2.45) is 11.3 Å². The van der Waals surface area contributed by atoms with Gasteiger partial charge in [0.2, 0.25) is 5.91 Å². The van der Waals surface area contributed by atoms with E-state index in [9.17, 15) is 4.79 Å². The molecule has 2 heteroatoms. The molecule has 0 bridgehead atoms. The van der Waals surface area contributed by atoms with Gasteiger partial charge in [-0.25, -0.2) is 0 Å². The summed E-state index contributed by atoms with van der Waals surface area (Å²) in [5.74, 6) is 0.540. The summed E-state index contributed by atoms with van der Waals surface area (Å²) in [6, 6.07) is 0.330. The van der Waals surface area contributed by atoms with Gasteiger partial charge >= 0.3 is 0 Å². The molecule has 1 aliphatic carbocycles. The molecule has 1 N–H and O–H groups in total. The van der Waals surface area contributed by atoms with Gasteiger partial charge in [-0.15, -0.1) is 0 Å². The highest BCUT2D eigenvalue weighted by Crippen LogP contribution is 2.44. The van der Waals surface area contributed by atoms with Crippen LogP contribution in [0.25, 0.3) is 0 Å².